The molecule has 1 aromatic carbocycles. The van der Waals surface area contributed by atoms with Gasteiger partial charge in [0.2, 0.25) is 0 Å². The van der Waals surface area contributed by atoms with Gasteiger partial charge in [-0.15, -0.1) is 0 Å². The van der Waals surface area contributed by atoms with Crippen LogP contribution in [-0.4, -0.2) is 19.4 Å². The van der Waals surface area contributed by atoms with Gasteiger partial charge >= 0.3 is 0 Å². The first kappa shape index (κ1) is 12.5. The third-order valence-corrected chi connectivity index (χ3v) is 4.30. The minimum absolute atomic E-state index is 0.806. The Hall–Kier alpha value is -2.27. The first-order valence-corrected chi connectivity index (χ1v) is 7.78. The number of hydrogen-bond donors (Lipinski definition) is 1. The Balaban J connectivity index is 1.57. The van der Waals surface area contributed by atoms with Crippen LogP contribution in [0.15, 0.2) is 53.9 Å². The topological polar surface area (TPSA) is 46.0 Å². The van der Waals surface area contributed by atoms with Crippen LogP contribution in [0.5, 0.6) is 0 Å². The summed E-state index contributed by atoms with van der Waals surface area (Å²) in [6, 6.07) is 12.3. The Morgan fingerprint density at radius 2 is 2.10 bits per heavy atom. The van der Waals surface area contributed by atoms with E-state index in [9.17, 15) is 0 Å². The molecule has 5 heteroatoms. The molecule has 0 saturated carbocycles. The van der Waals surface area contributed by atoms with Gasteiger partial charge in [-0.3, -0.25) is 0 Å². The number of nitrogens with zero attached hydrogens (tertiary/aromatic N) is 3. The van der Waals surface area contributed by atoms with Gasteiger partial charge in [0, 0.05) is 18.1 Å². The number of pyridine rings is 1. The number of nitrogens with one attached hydrogen (secondary N) is 1. The molecule has 4 aromatic rings. The first-order chi connectivity index (χ1) is 10.3. The summed E-state index contributed by atoms with van der Waals surface area (Å²) in [7, 11) is 0. The summed E-state index contributed by atoms with van der Waals surface area (Å²) in [5.74, 6) is 0.806. The molecule has 0 fully saturated rings. The Labute approximate surface area is 126 Å². The minimum atomic E-state index is 0.806. The number of para-hydroxylation sites is 2. The molecule has 0 radical (unpaired) electrons. The largest absolute Gasteiger partial charge is 0.333 e. The van der Waals surface area contributed by atoms with Crippen molar-refractivity contribution in [2.75, 3.05) is 0 Å². The summed E-state index contributed by atoms with van der Waals surface area (Å²) in [6.07, 6.45) is 4.12. The number of rotatable bonds is 3. The van der Waals surface area contributed by atoms with E-state index in [0.29, 0.717) is 0 Å². The van der Waals surface area contributed by atoms with Crippen LogP contribution in [0.4, 0.5) is 0 Å². The van der Waals surface area contributed by atoms with E-state index in [1.54, 1.807) is 11.8 Å². The SMILES string of the molecule is Cc1ccn2cc(CSc3nc4ccccc4[nH]3)nc2c1. The normalized spacial score (nSPS) is 11.5. The van der Waals surface area contributed by atoms with E-state index in [-0.39, 0.29) is 0 Å². The van der Waals surface area contributed by atoms with Gasteiger partial charge in [-0.25, -0.2) is 9.97 Å². The van der Waals surface area contributed by atoms with Crippen molar-refractivity contribution in [3.05, 3.63) is 60.0 Å². The van der Waals surface area contributed by atoms with Gasteiger partial charge in [-0.1, -0.05) is 23.9 Å². The van der Waals surface area contributed by atoms with Gasteiger partial charge in [-0.05, 0) is 36.8 Å². The molecule has 0 aliphatic carbocycles. The lowest BCUT2D eigenvalue weighted by molar-refractivity contribution is 1.07. The molecule has 0 bridgehead atoms. The Bertz CT molecular complexity index is 889. The second-order valence-electron chi connectivity index (χ2n) is 5.05. The first-order valence-electron chi connectivity index (χ1n) is 6.80. The fourth-order valence-electron chi connectivity index (χ4n) is 2.35. The van der Waals surface area contributed by atoms with Crippen LogP contribution in [0.25, 0.3) is 16.7 Å². The molecule has 0 unspecified atom stereocenters. The minimum Gasteiger partial charge on any atom is -0.333 e. The number of aryl methyl sites for hydroxylation is 1. The van der Waals surface area contributed by atoms with Crippen molar-refractivity contribution in [1.29, 1.82) is 0 Å². The molecule has 3 heterocycles. The lowest BCUT2D eigenvalue weighted by Gasteiger charge is -1.92. The van der Waals surface area contributed by atoms with Crippen molar-refractivity contribution in [2.24, 2.45) is 0 Å². The number of H-pyrrole nitrogens is 1. The summed E-state index contributed by atoms with van der Waals surface area (Å²) >= 11 is 1.68. The molecule has 0 aliphatic heterocycles. The smallest absolute Gasteiger partial charge is 0.166 e. The number of hydrogen-bond acceptors (Lipinski definition) is 3. The molecule has 3 aromatic heterocycles. The predicted molar refractivity (Wildman–Crippen MR) is 85.6 cm³/mol. The summed E-state index contributed by atoms with van der Waals surface area (Å²) in [6.45, 7) is 2.08. The van der Waals surface area contributed by atoms with Crippen molar-refractivity contribution in [1.82, 2.24) is 19.4 Å². The summed E-state index contributed by atoms with van der Waals surface area (Å²) < 4.78 is 2.06. The molecule has 0 amide bonds. The zero-order valence-electron chi connectivity index (χ0n) is 11.6. The molecule has 0 aliphatic rings. The third-order valence-electron chi connectivity index (χ3n) is 3.39. The average Bonchev–Trinajstić information content (AvgIpc) is 3.07. The summed E-state index contributed by atoms with van der Waals surface area (Å²) in [4.78, 5) is 12.5. The third kappa shape index (κ3) is 2.40. The van der Waals surface area contributed by atoms with E-state index in [1.165, 1.54) is 5.56 Å². The highest BCUT2D eigenvalue weighted by Crippen LogP contribution is 2.22. The van der Waals surface area contributed by atoms with Crippen LogP contribution < -0.4 is 0 Å². The van der Waals surface area contributed by atoms with Gasteiger partial charge in [0.25, 0.3) is 0 Å². The van der Waals surface area contributed by atoms with Crippen LogP contribution in [0.2, 0.25) is 0 Å². The number of aromatic amines is 1. The van der Waals surface area contributed by atoms with Crippen molar-refractivity contribution < 1.29 is 0 Å². The van der Waals surface area contributed by atoms with Gasteiger partial charge in [0.1, 0.15) is 5.65 Å². The average molecular weight is 294 g/mol. The highest BCUT2D eigenvalue weighted by Gasteiger charge is 2.06. The van der Waals surface area contributed by atoms with Crippen LogP contribution in [0.1, 0.15) is 11.3 Å². The van der Waals surface area contributed by atoms with Gasteiger partial charge in [0.05, 0.1) is 16.7 Å². The van der Waals surface area contributed by atoms with Crippen LogP contribution in [-0.2, 0) is 5.75 Å². The molecule has 4 nitrogen and oxygen atoms in total. The van der Waals surface area contributed by atoms with Gasteiger partial charge < -0.3 is 9.38 Å². The quantitative estimate of drug-likeness (QED) is 0.584. The lowest BCUT2D eigenvalue weighted by Crippen LogP contribution is -1.81. The van der Waals surface area contributed by atoms with Crippen LogP contribution in [0, 0.1) is 6.92 Å². The Morgan fingerprint density at radius 3 is 3.00 bits per heavy atom. The van der Waals surface area contributed by atoms with Crippen molar-refractivity contribution in [3.63, 3.8) is 0 Å². The maximum absolute atomic E-state index is 4.64. The number of thioether (sulfide) groups is 1. The van der Waals surface area contributed by atoms with Crippen molar-refractivity contribution >= 4 is 28.4 Å². The predicted octanol–water partition coefficient (Wildman–Crippen LogP) is 3.81. The molecular weight excluding hydrogens is 280 g/mol. The Morgan fingerprint density at radius 1 is 1.19 bits per heavy atom. The maximum Gasteiger partial charge on any atom is 0.166 e. The van der Waals surface area contributed by atoms with E-state index in [4.69, 9.17) is 0 Å². The van der Waals surface area contributed by atoms with Crippen LogP contribution in [0.3, 0.4) is 0 Å². The number of fused-ring (bicyclic) bond motifs is 2. The standard InChI is InChI=1S/C16H14N4S/c1-11-6-7-20-9-12(17-15(20)8-11)10-21-16-18-13-4-2-3-5-14(13)19-16/h2-9H,10H2,1H3,(H,18,19). The van der Waals surface area contributed by atoms with Crippen molar-refractivity contribution in [3.8, 4) is 0 Å². The fourth-order valence-corrected chi connectivity index (χ4v) is 3.11. The summed E-state index contributed by atoms with van der Waals surface area (Å²) in [5.41, 5.74) is 5.36. The monoisotopic (exact) mass is 294 g/mol. The highest BCUT2D eigenvalue weighted by atomic mass is 32.2. The molecule has 4 rings (SSSR count). The van der Waals surface area contributed by atoms with E-state index < -0.39 is 0 Å². The molecule has 0 saturated heterocycles. The maximum atomic E-state index is 4.64. The number of benzene rings is 1. The number of aromatic nitrogens is 4. The van der Waals surface area contributed by atoms with Crippen LogP contribution >= 0.6 is 11.8 Å². The second-order valence-corrected chi connectivity index (χ2v) is 6.01. The Kier molecular flexibility index (Phi) is 2.93. The lowest BCUT2D eigenvalue weighted by atomic mass is 10.3. The zero-order valence-corrected chi connectivity index (χ0v) is 12.4. The van der Waals surface area contributed by atoms with E-state index >= 15 is 0 Å². The van der Waals surface area contributed by atoms with E-state index in [0.717, 1.165) is 33.3 Å². The molecule has 1 N–H and O–H groups in total. The van der Waals surface area contributed by atoms with E-state index in [2.05, 4.69) is 44.6 Å². The van der Waals surface area contributed by atoms with Crippen molar-refractivity contribution in [2.45, 2.75) is 17.8 Å². The van der Waals surface area contributed by atoms with Gasteiger partial charge in [0.15, 0.2) is 5.16 Å². The highest BCUT2D eigenvalue weighted by molar-refractivity contribution is 7.98. The van der Waals surface area contributed by atoms with E-state index in [1.807, 2.05) is 30.5 Å². The fraction of sp³-hybridized carbons (Fsp3) is 0.125. The molecule has 0 atom stereocenters. The molecule has 0 spiro atoms. The zero-order chi connectivity index (χ0) is 14.2. The second kappa shape index (κ2) is 4.93. The molecule has 104 valence electrons. The summed E-state index contributed by atoms with van der Waals surface area (Å²) in [5, 5.41) is 0.935. The van der Waals surface area contributed by atoms with Gasteiger partial charge in [-0.2, -0.15) is 0 Å². The number of imidazole rings is 2. The molecule has 21 heavy (non-hydrogen) atoms. The molecular formula is C16H14N4S.